The molecule has 2 aromatic carbocycles. The second kappa shape index (κ2) is 6.50. The molecule has 0 aromatic heterocycles. The van der Waals surface area contributed by atoms with Crippen LogP contribution in [0.15, 0.2) is 59.1 Å². The molecule has 19 heavy (non-hydrogen) atoms. The van der Waals surface area contributed by atoms with Gasteiger partial charge in [0.05, 0.1) is 11.6 Å². The van der Waals surface area contributed by atoms with E-state index in [9.17, 15) is 4.79 Å². The third-order valence-electron chi connectivity index (χ3n) is 2.70. The summed E-state index contributed by atoms with van der Waals surface area (Å²) < 4.78 is 6.13. The molecule has 0 spiro atoms. The molecule has 0 aliphatic heterocycles. The predicted octanol–water partition coefficient (Wildman–Crippen LogP) is 3.31. The maximum atomic E-state index is 11.8. The van der Waals surface area contributed by atoms with Gasteiger partial charge in [-0.3, -0.25) is 0 Å². The van der Waals surface area contributed by atoms with Crippen LogP contribution in [0.1, 0.15) is 22.0 Å². The topological polar surface area (TPSA) is 52.3 Å². The van der Waals surface area contributed by atoms with Crippen LogP contribution in [0.5, 0.6) is 0 Å². The van der Waals surface area contributed by atoms with Gasteiger partial charge in [-0.15, -0.1) is 0 Å². The lowest BCUT2D eigenvalue weighted by molar-refractivity contribution is 0.0481. The van der Waals surface area contributed by atoms with Crippen molar-refractivity contribution < 1.29 is 9.53 Å². The largest absolute Gasteiger partial charge is 0.460 e. The highest BCUT2D eigenvalue weighted by molar-refractivity contribution is 9.10. The Hall–Kier alpha value is -1.65. The number of carbonyl (C=O) groups is 1. The Balaban J connectivity index is 1.92. The van der Waals surface area contributed by atoms with Gasteiger partial charge >= 0.3 is 5.97 Å². The SMILES string of the molecule is NC(COC(=O)c1ccc(Br)cc1)c1ccccc1. The number of halogens is 1. The number of esters is 1. The minimum Gasteiger partial charge on any atom is -0.460 e. The number of carbonyl (C=O) groups excluding carboxylic acids is 1. The Morgan fingerprint density at radius 3 is 2.37 bits per heavy atom. The normalized spacial score (nSPS) is 11.9. The first-order chi connectivity index (χ1) is 9.16. The van der Waals surface area contributed by atoms with Crippen LogP contribution in [0, 0.1) is 0 Å². The van der Waals surface area contributed by atoms with Crippen LogP contribution in [0.2, 0.25) is 0 Å². The summed E-state index contributed by atoms with van der Waals surface area (Å²) in [6.45, 7) is 0.166. The van der Waals surface area contributed by atoms with Crippen LogP contribution < -0.4 is 5.73 Å². The molecule has 0 aliphatic rings. The molecule has 0 radical (unpaired) electrons. The van der Waals surface area contributed by atoms with Crippen molar-refractivity contribution in [3.8, 4) is 0 Å². The van der Waals surface area contributed by atoms with E-state index in [0.717, 1.165) is 10.0 Å². The molecule has 3 nitrogen and oxygen atoms in total. The van der Waals surface area contributed by atoms with Crippen LogP contribution in [-0.2, 0) is 4.74 Å². The molecule has 2 aromatic rings. The van der Waals surface area contributed by atoms with Gasteiger partial charge in [-0.25, -0.2) is 4.79 Å². The lowest BCUT2D eigenvalue weighted by Gasteiger charge is -2.12. The van der Waals surface area contributed by atoms with Crippen molar-refractivity contribution in [2.75, 3.05) is 6.61 Å². The average Bonchev–Trinajstić information content (AvgIpc) is 2.46. The Morgan fingerprint density at radius 2 is 1.74 bits per heavy atom. The molecular weight excluding hydrogens is 306 g/mol. The Kier molecular flexibility index (Phi) is 4.71. The van der Waals surface area contributed by atoms with E-state index < -0.39 is 0 Å². The molecule has 0 bridgehead atoms. The number of benzene rings is 2. The minimum absolute atomic E-state index is 0.166. The van der Waals surface area contributed by atoms with Crippen molar-refractivity contribution in [1.82, 2.24) is 0 Å². The molecule has 4 heteroatoms. The molecule has 0 aliphatic carbocycles. The fourth-order valence-electron chi connectivity index (χ4n) is 1.63. The van der Waals surface area contributed by atoms with E-state index in [2.05, 4.69) is 15.9 Å². The zero-order valence-corrected chi connectivity index (χ0v) is 11.8. The van der Waals surface area contributed by atoms with E-state index >= 15 is 0 Å². The number of hydrogen-bond acceptors (Lipinski definition) is 3. The molecular formula is C15H14BrNO2. The molecule has 0 heterocycles. The van der Waals surface area contributed by atoms with Crippen molar-refractivity contribution in [2.45, 2.75) is 6.04 Å². The summed E-state index contributed by atoms with van der Waals surface area (Å²) in [7, 11) is 0. The lowest BCUT2D eigenvalue weighted by atomic mass is 10.1. The second-order valence-electron chi connectivity index (χ2n) is 4.12. The number of ether oxygens (including phenoxy) is 1. The molecule has 2 rings (SSSR count). The summed E-state index contributed by atoms with van der Waals surface area (Å²) in [5, 5.41) is 0. The average molecular weight is 320 g/mol. The fraction of sp³-hybridized carbons (Fsp3) is 0.133. The summed E-state index contributed by atoms with van der Waals surface area (Å²) in [5.74, 6) is -0.362. The fourth-order valence-corrected chi connectivity index (χ4v) is 1.90. The summed E-state index contributed by atoms with van der Waals surface area (Å²) in [6.07, 6.45) is 0. The van der Waals surface area contributed by atoms with Crippen LogP contribution in [0.4, 0.5) is 0 Å². The zero-order valence-electron chi connectivity index (χ0n) is 10.3. The summed E-state index contributed by atoms with van der Waals surface area (Å²) >= 11 is 3.32. The summed E-state index contributed by atoms with van der Waals surface area (Å²) in [6, 6.07) is 16.3. The van der Waals surface area contributed by atoms with E-state index in [1.165, 1.54) is 0 Å². The number of hydrogen-bond donors (Lipinski definition) is 1. The van der Waals surface area contributed by atoms with Gasteiger partial charge in [0.25, 0.3) is 0 Å². The van der Waals surface area contributed by atoms with Gasteiger partial charge < -0.3 is 10.5 Å². The highest BCUT2D eigenvalue weighted by atomic mass is 79.9. The van der Waals surface area contributed by atoms with E-state index in [1.54, 1.807) is 24.3 Å². The zero-order chi connectivity index (χ0) is 13.7. The van der Waals surface area contributed by atoms with Crippen molar-refractivity contribution >= 4 is 21.9 Å². The van der Waals surface area contributed by atoms with Gasteiger partial charge in [-0.1, -0.05) is 46.3 Å². The van der Waals surface area contributed by atoms with Gasteiger partial charge in [0.15, 0.2) is 0 Å². The summed E-state index contributed by atoms with van der Waals surface area (Å²) in [5.41, 5.74) is 7.43. The Morgan fingerprint density at radius 1 is 1.11 bits per heavy atom. The smallest absolute Gasteiger partial charge is 0.338 e. The van der Waals surface area contributed by atoms with Crippen molar-refractivity contribution in [3.63, 3.8) is 0 Å². The van der Waals surface area contributed by atoms with Gasteiger partial charge in [-0.2, -0.15) is 0 Å². The molecule has 98 valence electrons. The second-order valence-corrected chi connectivity index (χ2v) is 5.04. The van der Waals surface area contributed by atoms with E-state index in [0.29, 0.717) is 5.56 Å². The monoisotopic (exact) mass is 319 g/mol. The van der Waals surface area contributed by atoms with E-state index in [4.69, 9.17) is 10.5 Å². The predicted molar refractivity (Wildman–Crippen MR) is 77.8 cm³/mol. The first kappa shape index (κ1) is 13.8. The lowest BCUT2D eigenvalue weighted by Crippen LogP contribution is -2.19. The van der Waals surface area contributed by atoms with E-state index in [-0.39, 0.29) is 18.6 Å². The van der Waals surface area contributed by atoms with Gasteiger partial charge in [0, 0.05) is 4.47 Å². The summed E-state index contributed by atoms with van der Waals surface area (Å²) in [4.78, 5) is 11.8. The maximum Gasteiger partial charge on any atom is 0.338 e. The first-order valence-electron chi connectivity index (χ1n) is 5.90. The third-order valence-corrected chi connectivity index (χ3v) is 3.23. The maximum absolute atomic E-state index is 11.8. The highest BCUT2D eigenvalue weighted by Crippen LogP contribution is 2.13. The molecule has 1 atom stereocenters. The van der Waals surface area contributed by atoms with Gasteiger partial charge in [-0.05, 0) is 29.8 Å². The van der Waals surface area contributed by atoms with Crippen molar-refractivity contribution in [3.05, 3.63) is 70.2 Å². The Labute approximate surface area is 120 Å². The standard InChI is InChI=1S/C15H14BrNO2/c16-13-8-6-12(7-9-13)15(18)19-10-14(17)11-4-2-1-3-5-11/h1-9,14H,10,17H2. The molecule has 0 amide bonds. The third kappa shape index (κ3) is 3.91. The number of nitrogens with two attached hydrogens (primary N) is 1. The van der Waals surface area contributed by atoms with Crippen molar-refractivity contribution in [2.24, 2.45) is 5.73 Å². The Bertz CT molecular complexity index is 540. The van der Waals surface area contributed by atoms with Crippen molar-refractivity contribution in [1.29, 1.82) is 0 Å². The minimum atomic E-state index is -0.362. The molecule has 0 saturated heterocycles. The van der Waals surface area contributed by atoms with E-state index in [1.807, 2.05) is 30.3 Å². The molecule has 1 unspecified atom stereocenters. The van der Waals surface area contributed by atoms with Crippen LogP contribution in [0.3, 0.4) is 0 Å². The van der Waals surface area contributed by atoms with Gasteiger partial charge in [0.1, 0.15) is 6.61 Å². The highest BCUT2D eigenvalue weighted by Gasteiger charge is 2.11. The van der Waals surface area contributed by atoms with Gasteiger partial charge in [0.2, 0.25) is 0 Å². The van der Waals surface area contributed by atoms with Crippen LogP contribution in [-0.4, -0.2) is 12.6 Å². The molecule has 0 fully saturated rings. The first-order valence-corrected chi connectivity index (χ1v) is 6.69. The van der Waals surface area contributed by atoms with Crippen LogP contribution >= 0.6 is 15.9 Å². The number of rotatable bonds is 4. The molecule has 2 N–H and O–H groups in total. The van der Waals surface area contributed by atoms with Crippen LogP contribution in [0.25, 0.3) is 0 Å². The quantitative estimate of drug-likeness (QED) is 0.880. The molecule has 0 saturated carbocycles.